The van der Waals surface area contributed by atoms with Gasteiger partial charge in [0.2, 0.25) is 5.91 Å². The van der Waals surface area contributed by atoms with Gasteiger partial charge in [0.05, 0.1) is 11.4 Å². The number of halogens is 1. The van der Waals surface area contributed by atoms with Crippen LogP contribution in [0.3, 0.4) is 0 Å². The minimum Gasteiger partial charge on any atom is -0.489 e. The molecular weight excluding hydrogens is 383 g/mol. The fourth-order valence-corrected chi connectivity index (χ4v) is 3.97. The topological polar surface area (TPSA) is 59.4 Å². The number of aryl methyl sites for hydroxylation is 1. The summed E-state index contributed by atoms with van der Waals surface area (Å²) in [7, 11) is 0. The Bertz CT molecular complexity index is 1030. The van der Waals surface area contributed by atoms with Gasteiger partial charge in [0.25, 0.3) is 0 Å². The molecule has 1 amide bonds. The van der Waals surface area contributed by atoms with Crippen molar-refractivity contribution in [2.45, 2.75) is 19.9 Å². The maximum Gasteiger partial charge on any atom is 0.242 e. The molecule has 7 heteroatoms. The maximum atomic E-state index is 13.8. The van der Waals surface area contributed by atoms with E-state index in [1.165, 1.54) is 6.07 Å². The number of amides is 1. The van der Waals surface area contributed by atoms with Gasteiger partial charge in [0.1, 0.15) is 12.6 Å². The van der Waals surface area contributed by atoms with E-state index in [1.54, 1.807) is 18.2 Å². The van der Waals surface area contributed by atoms with E-state index in [-0.39, 0.29) is 24.1 Å². The van der Waals surface area contributed by atoms with Gasteiger partial charge in [0, 0.05) is 30.9 Å². The van der Waals surface area contributed by atoms with Gasteiger partial charge in [-0.2, -0.15) is 5.10 Å². The summed E-state index contributed by atoms with van der Waals surface area (Å²) in [5.74, 6) is -0.216. The highest BCUT2D eigenvalue weighted by atomic mass is 19.1. The zero-order chi connectivity index (χ0) is 21.1. The standard InChI is InChI=1S/C23H25FN4O2/c1-16-21(17(2)28(26-16)18-8-4-3-5-9-18)22-23(29)25-12-13-27(22)14-15-30-20-11-7-6-10-19(20)24/h3-11,22H,12-15H2,1-2H3,(H,25,29)/t22-/m0/s1. The lowest BCUT2D eigenvalue weighted by molar-refractivity contribution is -0.129. The van der Waals surface area contributed by atoms with E-state index < -0.39 is 6.04 Å². The highest BCUT2D eigenvalue weighted by molar-refractivity contribution is 5.84. The molecule has 0 aliphatic carbocycles. The Kier molecular flexibility index (Phi) is 5.81. The first kappa shape index (κ1) is 20.1. The van der Waals surface area contributed by atoms with Gasteiger partial charge < -0.3 is 10.1 Å². The van der Waals surface area contributed by atoms with Crippen LogP contribution in [0.5, 0.6) is 5.75 Å². The molecule has 4 rings (SSSR count). The van der Waals surface area contributed by atoms with Crippen LogP contribution >= 0.6 is 0 Å². The van der Waals surface area contributed by atoms with Crippen LogP contribution in [0.2, 0.25) is 0 Å². The Hall–Kier alpha value is -3.19. The molecule has 0 unspecified atom stereocenters. The number of nitrogens with zero attached hydrogens (tertiary/aromatic N) is 3. The van der Waals surface area contributed by atoms with Gasteiger partial charge in [-0.25, -0.2) is 9.07 Å². The van der Waals surface area contributed by atoms with Crippen LogP contribution in [0.1, 0.15) is 23.0 Å². The van der Waals surface area contributed by atoms with Crippen molar-refractivity contribution in [1.82, 2.24) is 20.0 Å². The summed E-state index contributed by atoms with van der Waals surface area (Å²) < 4.78 is 21.3. The normalized spacial score (nSPS) is 17.0. The Balaban J connectivity index is 1.57. The van der Waals surface area contributed by atoms with Crippen LogP contribution in [-0.2, 0) is 4.79 Å². The lowest BCUT2D eigenvalue weighted by Gasteiger charge is -2.35. The summed E-state index contributed by atoms with van der Waals surface area (Å²) in [5.41, 5.74) is 3.61. The van der Waals surface area contributed by atoms with Crippen molar-refractivity contribution in [3.8, 4) is 11.4 Å². The molecule has 1 fully saturated rings. The molecule has 0 radical (unpaired) electrons. The van der Waals surface area contributed by atoms with Crippen molar-refractivity contribution in [2.75, 3.05) is 26.2 Å². The van der Waals surface area contributed by atoms with Crippen molar-refractivity contribution in [2.24, 2.45) is 0 Å². The highest BCUT2D eigenvalue weighted by Gasteiger charge is 2.35. The highest BCUT2D eigenvalue weighted by Crippen LogP contribution is 2.30. The average Bonchev–Trinajstić information content (AvgIpc) is 3.04. The molecule has 156 valence electrons. The first-order chi connectivity index (χ1) is 14.6. The Morgan fingerprint density at radius 3 is 2.63 bits per heavy atom. The Labute approximate surface area is 175 Å². The van der Waals surface area contributed by atoms with Gasteiger partial charge in [-0.15, -0.1) is 0 Å². The predicted octanol–water partition coefficient (Wildman–Crippen LogP) is 3.18. The average molecular weight is 408 g/mol. The van der Waals surface area contributed by atoms with Crippen LogP contribution in [0, 0.1) is 19.7 Å². The van der Waals surface area contributed by atoms with E-state index in [2.05, 4.69) is 10.2 Å². The third-order valence-corrected chi connectivity index (χ3v) is 5.41. The monoisotopic (exact) mass is 408 g/mol. The minimum atomic E-state index is -0.458. The molecule has 2 aromatic carbocycles. The number of piperazine rings is 1. The number of aromatic nitrogens is 2. The van der Waals surface area contributed by atoms with E-state index in [4.69, 9.17) is 9.84 Å². The van der Waals surface area contributed by atoms with Crippen LogP contribution < -0.4 is 10.1 Å². The predicted molar refractivity (Wildman–Crippen MR) is 112 cm³/mol. The molecule has 6 nitrogen and oxygen atoms in total. The smallest absolute Gasteiger partial charge is 0.242 e. The second-order valence-electron chi connectivity index (χ2n) is 7.34. The number of carbonyl (C=O) groups excluding carboxylic acids is 1. The van der Waals surface area contributed by atoms with Gasteiger partial charge >= 0.3 is 0 Å². The summed E-state index contributed by atoms with van der Waals surface area (Å²) >= 11 is 0. The van der Waals surface area contributed by atoms with Gasteiger partial charge in [-0.05, 0) is 38.1 Å². The van der Waals surface area contributed by atoms with Gasteiger partial charge in [0.15, 0.2) is 11.6 Å². The lowest BCUT2D eigenvalue weighted by Crippen LogP contribution is -2.51. The third kappa shape index (κ3) is 3.93. The maximum absolute atomic E-state index is 13.8. The summed E-state index contributed by atoms with van der Waals surface area (Å²) in [6, 6.07) is 15.8. The van der Waals surface area contributed by atoms with E-state index in [9.17, 15) is 9.18 Å². The Morgan fingerprint density at radius 1 is 1.13 bits per heavy atom. The first-order valence-corrected chi connectivity index (χ1v) is 10.1. The zero-order valence-corrected chi connectivity index (χ0v) is 17.1. The van der Waals surface area contributed by atoms with Crippen molar-refractivity contribution in [3.63, 3.8) is 0 Å². The van der Waals surface area contributed by atoms with Gasteiger partial charge in [-0.1, -0.05) is 30.3 Å². The molecule has 1 saturated heterocycles. The number of benzene rings is 2. The Morgan fingerprint density at radius 2 is 1.87 bits per heavy atom. The number of hydrogen-bond acceptors (Lipinski definition) is 4. The molecule has 1 N–H and O–H groups in total. The molecule has 1 aliphatic heterocycles. The summed E-state index contributed by atoms with van der Waals surface area (Å²) in [5, 5.41) is 7.66. The molecular formula is C23H25FN4O2. The molecule has 1 aliphatic rings. The van der Waals surface area contributed by atoms with E-state index in [0.717, 1.165) is 22.6 Å². The summed E-state index contributed by atoms with van der Waals surface area (Å²) in [4.78, 5) is 14.9. The second kappa shape index (κ2) is 8.67. The quantitative estimate of drug-likeness (QED) is 0.681. The fraction of sp³-hybridized carbons (Fsp3) is 0.304. The molecule has 3 aromatic rings. The number of ether oxygens (including phenoxy) is 1. The molecule has 0 bridgehead atoms. The van der Waals surface area contributed by atoms with E-state index >= 15 is 0 Å². The lowest BCUT2D eigenvalue weighted by atomic mass is 10.0. The van der Waals surface area contributed by atoms with Crippen molar-refractivity contribution in [3.05, 3.63) is 77.4 Å². The molecule has 2 heterocycles. The first-order valence-electron chi connectivity index (χ1n) is 10.1. The third-order valence-electron chi connectivity index (χ3n) is 5.41. The SMILES string of the molecule is Cc1nn(-c2ccccc2)c(C)c1[C@H]1C(=O)NCCN1CCOc1ccccc1F. The number of hydrogen-bond donors (Lipinski definition) is 1. The van der Waals surface area contributed by atoms with E-state index in [0.29, 0.717) is 19.6 Å². The molecule has 30 heavy (non-hydrogen) atoms. The fourth-order valence-electron chi connectivity index (χ4n) is 3.97. The largest absolute Gasteiger partial charge is 0.489 e. The van der Waals surface area contributed by atoms with Crippen molar-refractivity contribution >= 4 is 5.91 Å². The number of para-hydroxylation sites is 2. The van der Waals surface area contributed by atoms with Gasteiger partial charge in [-0.3, -0.25) is 9.69 Å². The van der Waals surface area contributed by atoms with Crippen LogP contribution in [0.15, 0.2) is 54.6 Å². The summed E-state index contributed by atoms with van der Waals surface area (Å²) in [6.45, 7) is 5.96. The van der Waals surface area contributed by atoms with Crippen LogP contribution in [-0.4, -0.2) is 46.8 Å². The second-order valence-corrected chi connectivity index (χ2v) is 7.34. The number of rotatable bonds is 6. The number of carbonyl (C=O) groups is 1. The molecule has 0 saturated carbocycles. The molecule has 0 spiro atoms. The summed E-state index contributed by atoms with van der Waals surface area (Å²) in [6.07, 6.45) is 0. The molecule has 1 atom stereocenters. The number of nitrogens with one attached hydrogen (secondary N) is 1. The van der Waals surface area contributed by atoms with Crippen LogP contribution in [0.25, 0.3) is 5.69 Å². The van der Waals surface area contributed by atoms with Crippen molar-refractivity contribution < 1.29 is 13.9 Å². The zero-order valence-electron chi connectivity index (χ0n) is 17.1. The van der Waals surface area contributed by atoms with Crippen molar-refractivity contribution in [1.29, 1.82) is 0 Å². The van der Waals surface area contributed by atoms with E-state index in [1.807, 2.05) is 48.9 Å². The van der Waals surface area contributed by atoms with Crippen LogP contribution in [0.4, 0.5) is 4.39 Å². The molecule has 1 aromatic heterocycles. The minimum absolute atomic E-state index is 0.0500.